The average molecular weight is 415 g/mol. The molecule has 0 amide bonds. The normalized spacial score (nSPS) is 21.6. The second-order valence-corrected chi connectivity index (χ2v) is 6.53. The molecule has 16 heavy (non-hydrogen) atoms. The van der Waals surface area contributed by atoms with Gasteiger partial charge in [-0.1, -0.05) is 22.0 Å². The summed E-state index contributed by atoms with van der Waals surface area (Å²) in [5, 5.41) is 0. The third-order valence-electron chi connectivity index (χ3n) is 2.67. The van der Waals surface area contributed by atoms with E-state index in [1.807, 2.05) is 23.0 Å². The van der Waals surface area contributed by atoms with Crippen LogP contribution in [0.4, 0.5) is 0 Å². The van der Waals surface area contributed by atoms with Crippen LogP contribution < -0.4 is 5.73 Å². The zero-order chi connectivity index (χ0) is 11.5. The van der Waals surface area contributed by atoms with E-state index in [0.717, 1.165) is 24.0 Å². The highest BCUT2D eigenvalue weighted by Crippen LogP contribution is 2.30. The van der Waals surface area contributed by atoms with Crippen LogP contribution >= 0.6 is 51.2 Å². The smallest absolute Gasteiger partial charge is 0.129 e. The summed E-state index contributed by atoms with van der Waals surface area (Å²) in [7, 11) is 0. The highest BCUT2D eigenvalue weighted by Gasteiger charge is 2.20. The predicted molar refractivity (Wildman–Crippen MR) is 78.8 cm³/mol. The number of benzene rings is 1. The summed E-state index contributed by atoms with van der Waals surface area (Å²) < 4.78 is 8.36. The van der Waals surface area contributed by atoms with Gasteiger partial charge in [-0.15, -0.1) is 0 Å². The number of nitrogens with two attached hydrogens (primary N) is 1. The zero-order valence-corrected chi connectivity index (χ0v) is 13.1. The summed E-state index contributed by atoms with van der Waals surface area (Å²) in [5.74, 6) is 0. The molecule has 2 rings (SSSR count). The maximum atomic E-state index is 6.16. The lowest BCUT2D eigenvalue weighted by Crippen LogP contribution is -2.16. The summed E-state index contributed by atoms with van der Waals surface area (Å²) >= 11 is 6.78. The fraction of sp³-hybridized carbons (Fsp3) is 0.400. The number of halogens is 2. The molecule has 88 valence electrons. The van der Waals surface area contributed by atoms with Crippen LogP contribution in [0.15, 0.2) is 22.7 Å². The quantitative estimate of drug-likeness (QED) is 0.456. The van der Waals surface area contributed by atoms with Gasteiger partial charge in [0.1, 0.15) is 23.0 Å². The Labute approximate surface area is 122 Å². The third-order valence-corrected chi connectivity index (χ3v) is 4.23. The molecule has 0 saturated heterocycles. The van der Waals surface area contributed by atoms with E-state index in [2.05, 4.69) is 38.4 Å². The van der Waals surface area contributed by atoms with Crippen molar-refractivity contribution in [1.29, 1.82) is 0 Å². The molecule has 0 radical (unpaired) electrons. The van der Waals surface area contributed by atoms with E-state index >= 15 is 0 Å². The van der Waals surface area contributed by atoms with Crippen molar-refractivity contribution >= 4 is 51.2 Å². The van der Waals surface area contributed by atoms with Crippen LogP contribution in [-0.2, 0) is 9.06 Å². The standard InChI is InChI=1S/C10H12BrIN2OS/c11-8-1-2-9-7(5-8)6-14(16-15-12)4-3-10(9)13/h1-2,5,10H,3-4,6,13H2. The Bertz CT molecular complexity index is 380. The largest absolute Gasteiger partial charge is 0.324 e. The fourth-order valence-corrected chi connectivity index (χ4v) is 3.43. The van der Waals surface area contributed by atoms with Crippen molar-refractivity contribution in [2.24, 2.45) is 5.73 Å². The van der Waals surface area contributed by atoms with E-state index in [1.54, 1.807) is 0 Å². The topological polar surface area (TPSA) is 38.5 Å². The number of hydrogen-bond donors (Lipinski definition) is 1. The Morgan fingerprint density at radius 1 is 1.56 bits per heavy atom. The Balaban J connectivity index is 2.27. The van der Waals surface area contributed by atoms with Crippen molar-refractivity contribution in [1.82, 2.24) is 4.31 Å². The molecular weight excluding hydrogens is 403 g/mol. The maximum Gasteiger partial charge on any atom is 0.129 e. The molecule has 3 nitrogen and oxygen atoms in total. The van der Waals surface area contributed by atoms with Crippen LogP contribution in [0.1, 0.15) is 23.6 Å². The molecule has 0 bridgehead atoms. The minimum atomic E-state index is 0.128. The molecule has 0 saturated carbocycles. The molecule has 1 aliphatic rings. The number of hydrogen-bond acceptors (Lipinski definition) is 4. The average Bonchev–Trinajstić information content (AvgIpc) is 2.39. The minimum Gasteiger partial charge on any atom is -0.324 e. The van der Waals surface area contributed by atoms with Gasteiger partial charge in [0, 0.05) is 23.6 Å². The molecule has 0 spiro atoms. The first-order chi connectivity index (χ1) is 7.70. The summed E-state index contributed by atoms with van der Waals surface area (Å²) in [6.45, 7) is 1.82. The van der Waals surface area contributed by atoms with Gasteiger partial charge in [-0.25, -0.2) is 6.82 Å². The molecule has 0 fully saturated rings. The molecule has 1 heterocycles. The molecule has 1 aromatic carbocycles. The second-order valence-electron chi connectivity index (χ2n) is 3.74. The summed E-state index contributed by atoms with van der Waals surface area (Å²) in [6.07, 6.45) is 0.960. The fourth-order valence-electron chi connectivity index (χ4n) is 1.88. The van der Waals surface area contributed by atoms with Crippen LogP contribution in [0.3, 0.4) is 0 Å². The van der Waals surface area contributed by atoms with Crippen LogP contribution in [0, 0.1) is 0 Å². The molecule has 2 N–H and O–H groups in total. The van der Waals surface area contributed by atoms with Gasteiger partial charge in [0.2, 0.25) is 0 Å². The van der Waals surface area contributed by atoms with Gasteiger partial charge in [-0.05, 0) is 29.7 Å². The van der Waals surface area contributed by atoms with E-state index < -0.39 is 0 Å². The second kappa shape index (κ2) is 6.01. The van der Waals surface area contributed by atoms with E-state index in [-0.39, 0.29) is 6.04 Å². The lowest BCUT2D eigenvalue weighted by molar-refractivity contribution is 0.440. The van der Waals surface area contributed by atoms with Crippen molar-refractivity contribution in [3.05, 3.63) is 33.8 Å². The molecule has 1 aromatic rings. The Morgan fingerprint density at radius 3 is 3.12 bits per heavy atom. The Morgan fingerprint density at radius 2 is 2.38 bits per heavy atom. The van der Waals surface area contributed by atoms with Crippen molar-refractivity contribution in [3.63, 3.8) is 0 Å². The molecular formula is C10H12BrIN2OS. The highest BCUT2D eigenvalue weighted by atomic mass is 127. The van der Waals surface area contributed by atoms with Gasteiger partial charge in [-0.2, -0.15) is 0 Å². The van der Waals surface area contributed by atoms with Crippen LogP contribution in [-0.4, -0.2) is 10.8 Å². The molecule has 1 atom stereocenters. The Kier molecular flexibility index (Phi) is 4.92. The first kappa shape index (κ1) is 13.1. The monoisotopic (exact) mass is 414 g/mol. The minimum absolute atomic E-state index is 0.128. The van der Waals surface area contributed by atoms with Crippen molar-refractivity contribution in [3.8, 4) is 0 Å². The molecule has 6 heteroatoms. The van der Waals surface area contributed by atoms with Crippen molar-refractivity contribution in [2.75, 3.05) is 6.54 Å². The van der Waals surface area contributed by atoms with Gasteiger partial charge >= 0.3 is 0 Å². The predicted octanol–water partition coefficient (Wildman–Crippen LogP) is 3.58. The van der Waals surface area contributed by atoms with E-state index in [1.165, 1.54) is 23.4 Å². The number of rotatable bonds is 2. The summed E-state index contributed by atoms with van der Waals surface area (Å²) in [6, 6.07) is 6.43. The molecule has 1 unspecified atom stereocenters. The Hall–Kier alpha value is 0.660. The van der Waals surface area contributed by atoms with Crippen molar-refractivity contribution < 1.29 is 2.51 Å². The maximum absolute atomic E-state index is 6.16. The van der Waals surface area contributed by atoms with Crippen LogP contribution in [0.25, 0.3) is 0 Å². The SMILES string of the molecule is NC1CCN(SOI)Cc2cc(Br)ccc21. The van der Waals surface area contributed by atoms with Crippen molar-refractivity contribution in [2.45, 2.75) is 19.0 Å². The first-order valence-corrected chi connectivity index (χ1v) is 7.32. The third kappa shape index (κ3) is 3.11. The van der Waals surface area contributed by atoms with Gasteiger partial charge in [0.15, 0.2) is 0 Å². The van der Waals surface area contributed by atoms with E-state index in [0.29, 0.717) is 0 Å². The lowest BCUT2D eigenvalue weighted by Gasteiger charge is -2.15. The highest BCUT2D eigenvalue weighted by molar-refractivity contribution is 14.1. The summed E-state index contributed by atoms with van der Waals surface area (Å²) in [5.41, 5.74) is 8.69. The van der Waals surface area contributed by atoms with Gasteiger partial charge in [0.05, 0.1) is 12.2 Å². The lowest BCUT2D eigenvalue weighted by atomic mass is 10.0. The van der Waals surface area contributed by atoms with Gasteiger partial charge in [-0.3, -0.25) is 0 Å². The zero-order valence-electron chi connectivity index (χ0n) is 8.53. The number of fused-ring (bicyclic) bond motifs is 1. The van der Waals surface area contributed by atoms with Gasteiger partial charge < -0.3 is 5.73 Å². The number of nitrogens with zero attached hydrogens (tertiary/aromatic N) is 1. The molecule has 0 aliphatic carbocycles. The summed E-state index contributed by atoms with van der Waals surface area (Å²) in [4.78, 5) is 0. The van der Waals surface area contributed by atoms with Crippen LogP contribution in [0.5, 0.6) is 0 Å². The van der Waals surface area contributed by atoms with E-state index in [4.69, 9.17) is 8.25 Å². The molecule has 0 aromatic heterocycles. The van der Waals surface area contributed by atoms with Crippen LogP contribution in [0.2, 0.25) is 0 Å². The van der Waals surface area contributed by atoms with E-state index in [9.17, 15) is 0 Å². The molecule has 1 aliphatic heterocycles. The first-order valence-electron chi connectivity index (χ1n) is 4.95. The van der Waals surface area contributed by atoms with Gasteiger partial charge in [0.25, 0.3) is 0 Å².